The number of anilines is 1. The third-order valence-corrected chi connectivity index (χ3v) is 3.67. The van der Waals surface area contributed by atoms with Crippen LogP contribution in [0.4, 0.5) is 5.69 Å². The lowest BCUT2D eigenvalue weighted by molar-refractivity contribution is -0.119. The average Bonchev–Trinajstić information content (AvgIpc) is 2.44. The van der Waals surface area contributed by atoms with Crippen molar-refractivity contribution in [3.63, 3.8) is 0 Å². The Labute approximate surface area is 120 Å². The lowest BCUT2D eigenvalue weighted by Gasteiger charge is -2.19. The number of benzene rings is 1. The highest BCUT2D eigenvalue weighted by Crippen LogP contribution is 2.20. The second-order valence-electron chi connectivity index (χ2n) is 5.58. The largest absolute Gasteiger partial charge is 0.376 e. The quantitative estimate of drug-likeness (QED) is 0.828. The Kier molecular flexibility index (Phi) is 5.16. The van der Waals surface area contributed by atoms with Gasteiger partial charge in [-0.15, -0.1) is 0 Å². The van der Waals surface area contributed by atoms with Crippen molar-refractivity contribution in [2.45, 2.75) is 39.5 Å². The van der Waals surface area contributed by atoms with Crippen LogP contribution in [0.3, 0.4) is 0 Å². The Morgan fingerprint density at radius 2 is 2.20 bits per heavy atom. The first-order valence-corrected chi connectivity index (χ1v) is 7.29. The molecule has 1 amide bonds. The van der Waals surface area contributed by atoms with Gasteiger partial charge < -0.3 is 5.32 Å². The Morgan fingerprint density at radius 3 is 2.95 bits per heavy atom. The number of aryl methyl sites for hydroxylation is 1. The Morgan fingerprint density at radius 1 is 1.40 bits per heavy atom. The predicted molar refractivity (Wildman–Crippen MR) is 82.9 cm³/mol. The maximum absolute atomic E-state index is 11.8. The van der Waals surface area contributed by atoms with Gasteiger partial charge in [-0.2, -0.15) is 5.10 Å². The minimum absolute atomic E-state index is 0.0982. The number of hydrogen-bond donors (Lipinski definition) is 2. The van der Waals surface area contributed by atoms with E-state index in [1.807, 2.05) is 31.2 Å². The first-order valence-electron chi connectivity index (χ1n) is 7.29. The minimum atomic E-state index is -0.0982. The van der Waals surface area contributed by atoms with Crippen molar-refractivity contribution in [2.24, 2.45) is 11.0 Å². The van der Waals surface area contributed by atoms with Gasteiger partial charge in [-0.3, -0.25) is 4.79 Å². The van der Waals surface area contributed by atoms with Gasteiger partial charge in [0.05, 0.1) is 6.54 Å². The zero-order valence-electron chi connectivity index (χ0n) is 12.3. The number of para-hydroxylation sites is 1. The van der Waals surface area contributed by atoms with Crippen LogP contribution in [0.2, 0.25) is 0 Å². The zero-order chi connectivity index (χ0) is 14.4. The van der Waals surface area contributed by atoms with Crippen LogP contribution in [0.5, 0.6) is 0 Å². The fourth-order valence-electron chi connectivity index (χ4n) is 2.49. The van der Waals surface area contributed by atoms with Crippen LogP contribution < -0.4 is 10.7 Å². The number of carbonyl (C=O) groups is 1. The standard InChI is InChI=1S/C16H23N3O/c1-12-6-5-8-14(10-12)18-19-16(20)11-17-15-9-4-3-7-13(15)2/h3-4,7,9,12,17H,5-6,8,10-11H2,1-2H3,(H,19,20). The van der Waals surface area contributed by atoms with Crippen LogP contribution >= 0.6 is 0 Å². The molecule has 4 nitrogen and oxygen atoms in total. The number of hydrogen-bond acceptors (Lipinski definition) is 3. The topological polar surface area (TPSA) is 53.5 Å². The fraction of sp³-hybridized carbons (Fsp3) is 0.500. The van der Waals surface area contributed by atoms with Crippen molar-refractivity contribution >= 4 is 17.3 Å². The average molecular weight is 273 g/mol. The molecule has 0 spiro atoms. The summed E-state index contributed by atoms with van der Waals surface area (Å²) in [7, 11) is 0. The third-order valence-electron chi connectivity index (χ3n) is 3.67. The number of rotatable bonds is 4. The van der Waals surface area contributed by atoms with Gasteiger partial charge in [-0.25, -0.2) is 5.43 Å². The van der Waals surface area contributed by atoms with E-state index in [4.69, 9.17) is 0 Å². The van der Waals surface area contributed by atoms with E-state index >= 15 is 0 Å². The van der Waals surface area contributed by atoms with Crippen LogP contribution in [0.1, 0.15) is 38.2 Å². The second-order valence-corrected chi connectivity index (χ2v) is 5.58. The van der Waals surface area contributed by atoms with Crippen molar-refractivity contribution in [3.8, 4) is 0 Å². The van der Waals surface area contributed by atoms with Gasteiger partial charge in [0.15, 0.2) is 0 Å². The molecule has 1 aliphatic rings. The van der Waals surface area contributed by atoms with Crippen molar-refractivity contribution in [1.82, 2.24) is 5.43 Å². The van der Waals surface area contributed by atoms with Gasteiger partial charge in [-0.1, -0.05) is 25.1 Å². The minimum Gasteiger partial charge on any atom is -0.376 e. The van der Waals surface area contributed by atoms with Gasteiger partial charge >= 0.3 is 0 Å². The smallest absolute Gasteiger partial charge is 0.259 e. The first kappa shape index (κ1) is 14.6. The summed E-state index contributed by atoms with van der Waals surface area (Å²) in [4.78, 5) is 11.8. The number of carbonyl (C=O) groups excluding carboxylic acids is 1. The summed E-state index contributed by atoms with van der Waals surface area (Å²) in [6.45, 7) is 4.50. The molecule has 4 heteroatoms. The molecule has 0 radical (unpaired) electrons. The summed E-state index contributed by atoms with van der Waals surface area (Å²) in [5.41, 5.74) is 5.89. The summed E-state index contributed by atoms with van der Waals surface area (Å²) >= 11 is 0. The monoisotopic (exact) mass is 273 g/mol. The number of hydrazone groups is 1. The normalized spacial score (nSPS) is 20.7. The van der Waals surface area contributed by atoms with Gasteiger partial charge in [0.25, 0.3) is 5.91 Å². The van der Waals surface area contributed by atoms with Crippen LogP contribution in [0, 0.1) is 12.8 Å². The van der Waals surface area contributed by atoms with E-state index in [9.17, 15) is 4.79 Å². The summed E-state index contributed by atoms with van der Waals surface area (Å²) in [5, 5.41) is 7.37. The summed E-state index contributed by atoms with van der Waals surface area (Å²) < 4.78 is 0. The molecular formula is C16H23N3O. The third kappa shape index (κ3) is 4.37. The van der Waals surface area contributed by atoms with Crippen LogP contribution in [-0.2, 0) is 4.79 Å². The Bertz CT molecular complexity index is 496. The van der Waals surface area contributed by atoms with Gasteiger partial charge in [-0.05, 0) is 50.2 Å². The van der Waals surface area contributed by atoms with E-state index in [1.54, 1.807) is 0 Å². The molecule has 0 heterocycles. The van der Waals surface area contributed by atoms with Gasteiger partial charge in [0.1, 0.15) is 0 Å². The van der Waals surface area contributed by atoms with Crippen molar-refractivity contribution in [1.29, 1.82) is 0 Å². The van der Waals surface area contributed by atoms with E-state index in [-0.39, 0.29) is 12.5 Å². The molecule has 2 N–H and O–H groups in total. The number of nitrogens with zero attached hydrogens (tertiary/aromatic N) is 1. The molecule has 108 valence electrons. The molecule has 0 saturated heterocycles. The number of amides is 1. The molecule has 1 aromatic rings. The van der Waals surface area contributed by atoms with E-state index in [1.165, 1.54) is 12.8 Å². The second kappa shape index (κ2) is 7.08. The molecular weight excluding hydrogens is 250 g/mol. The summed E-state index contributed by atoms with van der Waals surface area (Å²) in [6, 6.07) is 7.93. The van der Waals surface area contributed by atoms with Crippen LogP contribution in [0.25, 0.3) is 0 Å². The van der Waals surface area contributed by atoms with Gasteiger partial charge in [0, 0.05) is 11.4 Å². The SMILES string of the molecule is Cc1ccccc1NCC(=O)NN=C1CCCC(C)C1. The molecule has 1 aliphatic carbocycles. The maximum atomic E-state index is 11.8. The molecule has 2 rings (SSSR count). The van der Waals surface area contributed by atoms with Gasteiger partial charge in [0.2, 0.25) is 0 Å². The van der Waals surface area contributed by atoms with Crippen molar-refractivity contribution < 1.29 is 4.79 Å². The van der Waals surface area contributed by atoms with E-state index in [0.29, 0.717) is 5.92 Å². The molecule has 1 atom stereocenters. The van der Waals surface area contributed by atoms with E-state index in [2.05, 4.69) is 22.8 Å². The highest BCUT2D eigenvalue weighted by atomic mass is 16.2. The predicted octanol–water partition coefficient (Wildman–Crippen LogP) is 3.09. The van der Waals surface area contributed by atoms with Crippen molar-refractivity contribution in [3.05, 3.63) is 29.8 Å². The van der Waals surface area contributed by atoms with E-state index < -0.39 is 0 Å². The Hall–Kier alpha value is -1.84. The lowest BCUT2D eigenvalue weighted by Crippen LogP contribution is -2.28. The maximum Gasteiger partial charge on any atom is 0.259 e. The van der Waals surface area contributed by atoms with E-state index in [0.717, 1.165) is 29.8 Å². The fourth-order valence-corrected chi connectivity index (χ4v) is 2.49. The van der Waals surface area contributed by atoms with Crippen LogP contribution in [0.15, 0.2) is 29.4 Å². The molecule has 0 aliphatic heterocycles. The Balaban J connectivity index is 1.78. The molecule has 1 fully saturated rings. The lowest BCUT2D eigenvalue weighted by atomic mass is 9.89. The first-order chi connectivity index (χ1) is 9.65. The highest BCUT2D eigenvalue weighted by molar-refractivity contribution is 5.88. The molecule has 0 aromatic heterocycles. The molecule has 1 unspecified atom stereocenters. The zero-order valence-corrected chi connectivity index (χ0v) is 12.3. The molecule has 20 heavy (non-hydrogen) atoms. The van der Waals surface area contributed by atoms with Crippen LogP contribution in [-0.4, -0.2) is 18.2 Å². The highest BCUT2D eigenvalue weighted by Gasteiger charge is 2.14. The summed E-state index contributed by atoms with van der Waals surface area (Å²) in [5.74, 6) is 0.587. The number of nitrogens with one attached hydrogen (secondary N) is 2. The summed E-state index contributed by atoms with van der Waals surface area (Å²) in [6.07, 6.45) is 4.46. The molecule has 0 bridgehead atoms. The molecule has 1 aromatic carbocycles. The van der Waals surface area contributed by atoms with Crippen molar-refractivity contribution in [2.75, 3.05) is 11.9 Å². The molecule has 1 saturated carbocycles.